The second kappa shape index (κ2) is 6.78. The highest BCUT2D eigenvalue weighted by molar-refractivity contribution is 6.31. The molecule has 0 saturated heterocycles. The van der Waals surface area contributed by atoms with E-state index in [-0.39, 0.29) is 18.4 Å². The van der Waals surface area contributed by atoms with E-state index in [4.69, 9.17) is 17.3 Å². The molecule has 0 heterocycles. The van der Waals surface area contributed by atoms with Crippen molar-refractivity contribution in [3.8, 4) is 11.8 Å². The Hall–Kier alpha value is -1.50. The number of amides is 1. The molecule has 1 saturated carbocycles. The van der Waals surface area contributed by atoms with Gasteiger partial charge in [-0.15, -0.1) is 0 Å². The Morgan fingerprint density at radius 3 is 2.95 bits per heavy atom. The number of hydrogen-bond donors (Lipinski definition) is 2. The number of hydrogen-bond acceptors (Lipinski definition) is 2. The van der Waals surface area contributed by atoms with E-state index in [1.165, 1.54) is 0 Å². The first-order valence-corrected chi connectivity index (χ1v) is 7.29. The van der Waals surface area contributed by atoms with Crippen molar-refractivity contribution >= 4 is 23.2 Å². The lowest BCUT2D eigenvalue weighted by Gasteiger charge is -2.16. The van der Waals surface area contributed by atoms with Gasteiger partial charge in [0.1, 0.15) is 0 Å². The number of halogens is 1. The van der Waals surface area contributed by atoms with Gasteiger partial charge in [-0.25, -0.2) is 0 Å². The van der Waals surface area contributed by atoms with Crippen molar-refractivity contribution in [1.82, 2.24) is 0 Å². The highest BCUT2D eigenvalue weighted by Crippen LogP contribution is 2.32. The van der Waals surface area contributed by atoms with Gasteiger partial charge in [-0.2, -0.15) is 0 Å². The quantitative estimate of drug-likeness (QED) is 0.823. The van der Waals surface area contributed by atoms with Gasteiger partial charge in [-0.05, 0) is 37.0 Å². The number of carbonyl (C=O) groups is 1. The van der Waals surface area contributed by atoms with Crippen molar-refractivity contribution in [3.63, 3.8) is 0 Å². The summed E-state index contributed by atoms with van der Waals surface area (Å²) in [4.78, 5) is 12.3. The molecule has 20 heavy (non-hydrogen) atoms. The van der Waals surface area contributed by atoms with Crippen LogP contribution in [0.1, 0.15) is 31.7 Å². The fourth-order valence-corrected chi connectivity index (χ4v) is 2.81. The number of anilines is 1. The van der Waals surface area contributed by atoms with Gasteiger partial charge in [0.2, 0.25) is 5.91 Å². The summed E-state index contributed by atoms with van der Waals surface area (Å²) in [5, 5.41) is 3.55. The molecule has 2 rings (SSSR count). The maximum Gasteiger partial charge on any atom is 0.227 e. The fourth-order valence-electron chi connectivity index (χ4n) is 2.64. The van der Waals surface area contributed by atoms with Crippen molar-refractivity contribution in [3.05, 3.63) is 28.8 Å². The lowest BCUT2D eigenvalue weighted by atomic mass is 9.97. The van der Waals surface area contributed by atoms with Gasteiger partial charge in [0.05, 0.1) is 12.2 Å². The Morgan fingerprint density at radius 1 is 1.50 bits per heavy atom. The summed E-state index contributed by atoms with van der Waals surface area (Å²) >= 11 is 6.00. The van der Waals surface area contributed by atoms with Gasteiger partial charge < -0.3 is 11.1 Å². The number of nitrogens with two attached hydrogens (primary N) is 1. The molecule has 1 aromatic carbocycles. The summed E-state index contributed by atoms with van der Waals surface area (Å²) in [5.74, 6) is 6.35. The van der Waals surface area contributed by atoms with Crippen molar-refractivity contribution in [2.24, 2.45) is 17.6 Å². The predicted octanol–water partition coefficient (Wildman–Crippen LogP) is 3.02. The van der Waals surface area contributed by atoms with E-state index in [2.05, 4.69) is 24.1 Å². The first-order valence-electron chi connectivity index (χ1n) is 6.91. The van der Waals surface area contributed by atoms with Crippen LogP contribution < -0.4 is 11.1 Å². The third-order valence-electron chi connectivity index (χ3n) is 3.76. The molecule has 0 aromatic heterocycles. The van der Waals surface area contributed by atoms with Crippen LogP contribution in [0, 0.1) is 23.7 Å². The molecule has 106 valence electrons. The maximum atomic E-state index is 12.3. The lowest BCUT2D eigenvalue weighted by molar-refractivity contribution is -0.120. The van der Waals surface area contributed by atoms with Crippen LogP contribution in [0.25, 0.3) is 0 Å². The zero-order valence-corrected chi connectivity index (χ0v) is 12.3. The molecular weight excluding hydrogens is 272 g/mol. The zero-order valence-electron chi connectivity index (χ0n) is 11.6. The number of rotatable bonds is 2. The van der Waals surface area contributed by atoms with Crippen molar-refractivity contribution in [2.75, 3.05) is 11.9 Å². The number of benzene rings is 1. The topological polar surface area (TPSA) is 55.1 Å². The molecular formula is C16H19ClN2O. The van der Waals surface area contributed by atoms with Gasteiger partial charge in [0.25, 0.3) is 0 Å². The van der Waals surface area contributed by atoms with E-state index in [1.807, 2.05) is 0 Å². The molecule has 4 heteroatoms. The van der Waals surface area contributed by atoms with Gasteiger partial charge >= 0.3 is 0 Å². The van der Waals surface area contributed by atoms with Crippen LogP contribution in [-0.2, 0) is 4.79 Å². The minimum absolute atomic E-state index is 0.0630. The second-order valence-electron chi connectivity index (χ2n) is 5.20. The SMILES string of the molecule is CC1CCCC1C(=O)Nc1cc(Cl)ccc1C#CCN. The Labute approximate surface area is 124 Å². The van der Waals surface area contributed by atoms with Crippen LogP contribution in [0.5, 0.6) is 0 Å². The summed E-state index contributed by atoms with van der Waals surface area (Å²) in [6.07, 6.45) is 3.19. The largest absolute Gasteiger partial charge is 0.325 e. The van der Waals surface area contributed by atoms with Crippen LogP contribution in [0.15, 0.2) is 18.2 Å². The van der Waals surface area contributed by atoms with Gasteiger partial charge in [0, 0.05) is 16.5 Å². The maximum absolute atomic E-state index is 12.3. The molecule has 1 amide bonds. The zero-order chi connectivity index (χ0) is 14.5. The van der Waals surface area contributed by atoms with Gasteiger partial charge in [-0.3, -0.25) is 4.79 Å². The Kier molecular flexibility index (Phi) is 5.05. The van der Waals surface area contributed by atoms with Crippen LogP contribution in [-0.4, -0.2) is 12.5 Å². The van der Waals surface area contributed by atoms with E-state index < -0.39 is 0 Å². The standard InChI is InChI=1S/C16H19ClN2O/c1-11-4-2-6-14(11)16(20)19-15-10-13(17)8-7-12(15)5-3-9-18/h7-8,10-11,14H,2,4,6,9,18H2,1H3,(H,19,20). The minimum atomic E-state index is 0.0630. The average Bonchev–Trinajstić information content (AvgIpc) is 2.84. The van der Waals surface area contributed by atoms with Crippen molar-refractivity contribution in [2.45, 2.75) is 26.2 Å². The monoisotopic (exact) mass is 290 g/mol. The highest BCUT2D eigenvalue weighted by atomic mass is 35.5. The molecule has 3 N–H and O–H groups in total. The fraction of sp³-hybridized carbons (Fsp3) is 0.438. The summed E-state index contributed by atoms with van der Waals surface area (Å²) in [7, 11) is 0. The molecule has 0 aliphatic heterocycles. The van der Waals surface area contributed by atoms with Crippen LogP contribution in [0.3, 0.4) is 0 Å². The molecule has 3 nitrogen and oxygen atoms in total. The summed E-state index contributed by atoms with van der Waals surface area (Å²) in [5.41, 5.74) is 6.81. The molecule has 1 aliphatic carbocycles. The third-order valence-corrected chi connectivity index (χ3v) is 4.00. The normalized spacial score (nSPS) is 21.1. The Morgan fingerprint density at radius 2 is 2.30 bits per heavy atom. The van der Waals surface area contributed by atoms with E-state index in [9.17, 15) is 4.79 Å². The van der Waals surface area contributed by atoms with Crippen LogP contribution in [0.2, 0.25) is 5.02 Å². The molecule has 0 spiro atoms. The van der Waals surface area contributed by atoms with Crippen molar-refractivity contribution in [1.29, 1.82) is 0 Å². The molecule has 1 aromatic rings. The van der Waals surface area contributed by atoms with E-state index in [0.717, 1.165) is 24.8 Å². The molecule has 1 fully saturated rings. The van der Waals surface area contributed by atoms with Gasteiger partial charge in [0.15, 0.2) is 0 Å². The molecule has 0 bridgehead atoms. The summed E-state index contributed by atoms with van der Waals surface area (Å²) < 4.78 is 0. The highest BCUT2D eigenvalue weighted by Gasteiger charge is 2.29. The van der Waals surface area contributed by atoms with Gasteiger partial charge in [-0.1, -0.05) is 36.8 Å². The smallest absolute Gasteiger partial charge is 0.227 e. The number of nitrogens with one attached hydrogen (secondary N) is 1. The molecule has 1 aliphatic rings. The summed E-state index contributed by atoms with van der Waals surface area (Å²) in [6.45, 7) is 2.42. The van der Waals surface area contributed by atoms with Crippen LogP contribution >= 0.6 is 11.6 Å². The number of carbonyl (C=O) groups excluding carboxylic acids is 1. The average molecular weight is 291 g/mol. The second-order valence-corrected chi connectivity index (χ2v) is 5.64. The Bertz CT molecular complexity index is 559. The predicted molar refractivity (Wildman–Crippen MR) is 82.5 cm³/mol. The lowest BCUT2D eigenvalue weighted by Crippen LogP contribution is -2.24. The molecule has 2 unspecified atom stereocenters. The summed E-state index contributed by atoms with van der Waals surface area (Å²) in [6, 6.07) is 5.30. The minimum Gasteiger partial charge on any atom is -0.325 e. The van der Waals surface area contributed by atoms with E-state index in [0.29, 0.717) is 16.6 Å². The first kappa shape index (κ1) is 14.9. The molecule has 0 radical (unpaired) electrons. The van der Waals surface area contributed by atoms with E-state index in [1.54, 1.807) is 18.2 Å². The third kappa shape index (κ3) is 3.53. The molecule has 2 atom stereocenters. The van der Waals surface area contributed by atoms with Crippen LogP contribution in [0.4, 0.5) is 5.69 Å². The van der Waals surface area contributed by atoms with E-state index >= 15 is 0 Å². The van der Waals surface area contributed by atoms with Crippen molar-refractivity contribution < 1.29 is 4.79 Å². The first-order chi connectivity index (χ1) is 9.61. The Balaban J connectivity index is 2.19.